The van der Waals surface area contributed by atoms with E-state index in [0.717, 1.165) is 90.1 Å². The molecule has 0 bridgehead atoms. The summed E-state index contributed by atoms with van der Waals surface area (Å²) in [5.74, 6) is 1.36. The van der Waals surface area contributed by atoms with E-state index in [0.29, 0.717) is 52.5 Å². The van der Waals surface area contributed by atoms with E-state index in [1.54, 1.807) is 17.4 Å². The lowest BCUT2D eigenvalue weighted by atomic mass is 9.99. The first-order valence-electron chi connectivity index (χ1n) is 20.4. The molecule has 1 amide bonds. The van der Waals surface area contributed by atoms with Crippen molar-refractivity contribution in [3.63, 3.8) is 0 Å². The maximum Gasteiger partial charge on any atom is 0.337 e. The first-order valence-corrected chi connectivity index (χ1v) is 22.0. The number of likely N-dealkylation sites (tertiary alicyclic amines) is 1. The van der Waals surface area contributed by atoms with Gasteiger partial charge in [-0.1, -0.05) is 47.5 Å². The van der Waals surface area contributed by atoms with Crippen molar-refractivity contribution in [1.82, 2.24) is 34.4 Å². The van der Waals surface area contributed by atoms with Crippen LogP contribution in [0, 0.1) is 20.8 Å². The highest BCUT2D eigenvalue weighted by Gasteiger charge is 2.35. The lowest BCUT2D eigenvalue weighted by Crippen LogP contribution is -2.54. The van der Waals surface area contributed by atoms with E-state index in [2.05, 4.69) is 43.4 Å². The van der Waals surface area contributed by atoms with Gasteiger partial charge in [-0.3, -0.25) is 24.2 Å². The average molecular weight is 866 g/mol. The summed E-state index contributed by atoms with van der Waals surface area (Å²) in [5.41, 5.74) is 6.61. The molecule has 0 unspecified atom stereocenters. The Kier molecular flexibility index (Phi) is 11.3. The molecule has 3 aromatic heterocycles. The minimum absolute atomic E-state index is 0.0880. The number of amides is 1. The number of rotatable bonds is 10. The summed E-state index contributed by atoms with van der Waals surface area (Å²) in [6.45, 7) is 12.8. The van der Waals surface area contributed by atoms with Gasteiger partial charge in [-0.2, -0.15) is 0 Å². The number of carbonyl (C=O) groups is 2. The number of piperidine rings is 1. The Morgan fingerprint density at radius 2 is 1.63 bits per heavy atom. The number of aliphatic imine (C=N–C) groups is 1. The van der Waals surface area contributed by atoms with Gasteiger partial charge >= 0.3 is 5.97 Å². The second kappa shape index (κ2) is 16.8. The highest BCUT2D eigenvalue weighted by atomic mass is 35.5. The van der Waals surface area contributed by atoms with Crippen molar-refractivity contribution in [3.05, 3.63) is 116 Å². The molecule has 9 rings (SSSR count). The molecule has 0 radical (unpaired) electrons. The molecule has 310 valence electrons. The number of carboxylic acid groups (broad SMARTS) is 1. The molecular formula is C45H46Cl2N8O4S. The average Bonchev–Trinajstić information content (AvgIpc) is 3.91. The van der Waals surface area contributed by atoms with Gasteiger partial charge < -0.3 is 19.7 Å². The van der Waals surface area contributed by atoms with E-state index in [-0.39, 0.29) is 17.9 Å². The van der Waals surface area contributed by atoms with Crippen LogP contribution in [0.1, 0.15) is 68.9 Å². The minimum Gasteiger partial charge on any atom is -0.492 e. The van der Waals surface area contributed by atoms with Crippen molar-refractivity contribution < 1.29 is 19.4 Å². The zero-order valence-electron chi connectivity index (χ0n) is 33.8. The fourth-order valence-corrected chi connectivity index (χ4v) is 10.4. The van der Waals surface area contributed by atoms with E-state index in [1.165, 1.54) is 16.6 Å². The molecule has 2 N–H and O–H groups in total. The molecule has 12 nitrogen and oxygen atoms in total. The number of piperazine rings is 1. The third-order valence-electron chi connectivity index (χ3n) is 12.3. The second-order valence-corrected chi connectivity index (χ2v) is 17.9. The van der Waals surface area contributed by atoms with Crippen LogP contribution in [-0.2, 0) is 4.79 Å². The summed E-state index contributed by atoms with van der Waals surface area (Å²) < 4.78 is 8.23. The van der Waals surface area contributed by atoms with E-state index < -0.39 is 12.0 Å². The molecule has 0 spiro atoms. The molecule has 3 aliphatic heterocycles. The van der Waals surface area contributed by atoms with Crippen LogP contribution in [0.25, 0.3) is 27.0 Å². The summed E-state index contributed by atoms with van der Waals surface area (Å²) in [7, 11) is 0. The highest BCUT2D eigenvalue weighted by molar-refractivity contribution is 7.15. The Balaban J connectivity index is 0.769. The van der Waals surface area contributed by atoms with Crippen molar-refractivity contribution in [2.45, 2.75) is 52.1 Å². The Labute approximate surface area is 362 Å². The van der Waals surface area contributed by atoms with Crippen LogP contribution in [0.3, 0.4) is 0 Å². The molecule has 1 atom stereocenters. The molecule has 6 aromatic rings. The fraction of sp³-hybridized carbons (Fsp3) is 0.356. The van der Waals surface area contributed by atoms with Crippen molar-refractivity contribution >= 4 is 63.0 Å². The number of nitrogens with one attached hydrogen (secondary N) is 1. The Hall–Kier alpha value is -5.05. The SMILES string of the molecule is Cc1sc2c(c1C)C(c1ccc(Cl)cc1)=N[C@@H](CC(=O)N1CCN(C3CCN(CCOc4ccc(-c5cc6c(C(=O)O)c[nH]c6cc5Cl)cc4)CC3)CC1)c1nnc(C)n1-2. The molecule has 15 heteroatoms. The zero-order chi connectivity index (χ0) is 41.7. The van der Waals surface area contributed by atoms with Gasteiger partial charge in [0, 0.05) is 82.5 Å². The molecule has 3 aliphatic rings. The van der Waals surface area contributed by atoms with Crippen molar-refractivity contribution in [2.75, 3.05) is 52.4 Å². The number of halogens is 2. The number of carbonyl (C=O) groups excluding carboxylic acids is 1. The van der Waals surface area contributed by atoms with Crippen LogP contribution in [0.2, 0.25) is 10.0 Å². The quantitative estimate of drug-likeness (QED) is 0.141. The monoisotopic (exact) mass is 864 g/mol. The molecular weight excluding hydrogens is 820 g/mol. The number of thiophene rings is 1. The zero-order valence-corrected chi connectivity index (χ0v) is 36.1. The van der Waals surface area contributed by atoms with E-state index in [4.69, 9.17) is 32.9 Å². The first-order chi connectivity index (χ1) is 29.0. The Bertz CT molecular complexity index is 2600. The number of aromatic amines is 1. The number of aromatic carboxylic acids is 1. The number of H-pyrrole nitrogens is 1. The number of benzene rings is 3. The molecule has 0 aliphatic carbocycles. The van der Waals surface area contributed by atoms with Gasteiger partial charge in [0.05, 0.1) is 22.7 Å². The van der Waals surface area contributed by atoms with Gasteiger partial charge in [-0.15, -0.1) is 21.5 Å². The van der Waals surface area contributed by atoms with Gasteiger partial charge in [0.1, 0.15) is 29.2 Å². The van der Waals surface area contributed by atoms with Crippen molar-refractivity contribution in [2.24, 2.45) is 4.99 Å². The molecule has 2 saturated heterocycles. The highest BCUT2D eigenvalue weighted by Crippen LogP contribution is 2.40. The van der Waals surface area contributed by atoms with Crippen LogP contribution in [0.15, 0.2) is 71.9 Å². The van der Waals surface area contributed by atoms with E-state index in [1.807, 2.05) is 66.4 Å². The number of hydrogen-bond acceptors (Lipinski definition) is 9. The standard InChI is InChI=1S/C45H46Cl2N8O4S/c1-26-27(2)60-44-41(26)42(30-4-8-31(46)9-5-30)49-39(43-51-50-28(3)55(43)44)24-40(56)54-18-16-53(17-19-54)32-12-14-52(15-13-32)20-21-59-33-10-6-29(7-11-33)34-22-35-36(45(57)58)25-48-38(35)23-37(34)47/h4-11,22-23,25,32,39,48H,12-21,24H2,1-3H3,(H,57,58)/t39-/m0/s1. The molecule has 2 fully saturated rings. The molecule has 0 saturated carbocycles. The van der Waals surface area contributed by atoms with E-state index in [9.17, 15) is 14.7 Å². The predicted octanol–water partition coefficient (Wildman–Crippen LogP) is 8.38. The molecule has 3 aromatic carbocycles. The van der Waals surface area contributed by atoms with Crippen LogP contribution in [-0.4, -0.2) is 116 Å². The van der Waals surface area contributed by atoms with Gasteiger partial charge in [0.2, 0.25) is 5.91 Å². The number of hydrogen-bond donors (Lipinski definition) is 2. The number of nitrogens with zero attached hydrogens (tertiary/aromatic N) is 7. The summed E-state index contributed by atoms with van der Waals surface area (Å²) in [6, 6.07) is 19.1. The number of aryl methyl sites for hydroxylation is 2. The third kappa shape index (κ3) is 7.85. The van der Waals surface area contributed by atoms with Crippen LogP contribution >= 0.6 is 34.5 Å². The molecule has 6 heterocycles. The third-order valence-corrected chi connectivity index (χ3v) is 14.1. The normalized spacial score (nSPS) is 17.6. The van der Waals surface area contributed by atoms with Crippen LogP contribution in [0.4, 0.5) is 0 Å². The predicted molar refractivity (Wildman–Crippen MR) is 237 cm³/mol. The second-order valence-electron chi connectivity index (χ2n) is 15.9. The summed E-state index contributed by atoms with van der Waals surface area (Å²) in [5, 5.41) is 21.5. The van der Waals surface area contributed by atoms with Crippen molar-refractivity contribution in [3.8, 4) is 21.9 Å². The van der Waals surface area contributed by atoms with Gasteiger partial charge in [0.15, 0.2) is 5.82 Å². The summed E-state index contributed by atoms with van der Waals surface area (Å²) >= 11 is 14.6. The van der Waals surface area contributed by atoms with Gasteiger partial charge in [0.25, 0.3) is 0 Å². The number of fused-ring (bicyclic) bond motifs is 4. The Morgan fingerprint density at radius 1 is 0.917 bits per heavy atom. The van der Waals surface area contributed by atoms with Crippen LogP contribution < -0.4 is 4.74 Å². The fourth-order valence-electron chi connectivity index (χ4n) is 8.84. The number of carboxylic acids is 1. The van der Waals surface area contributed by atoms with Gasteiger partial charge in [-0.05, 0) is 94.2 Å². The summed E-state index contributed by atoms with van der Waals surface area (Å²) in [6.07, 6.45) is 3.88. The minimum atomic E-state index is -0.984. The Morgan fingerprint density at radius 3 is 2.35 bits per heavy atom. The van der Waals surface area contributed by atoms with Crippen molar-refractivity contribution in [1.29, 1.82) is 0 Å². The smallest absolute Gasteiger partial charge is 0.337 e. The summed E-state index contributed by atoms with van der Waals surface area (Å²) in [4.78, 5) is 42.2. The topological polar surface area (TPSA) is 132 Å². The van der Waals surface area contributed by atoms with Crippen LogP contribution in [0.5, 0.6) is 5.75 Å². The lowest BCUT2D eigenvalue weighted by Gasteiger charge is -2.42. The van der Waals surface area contributed by atoms with Gasteiger partial charge in [-0.25, -0.2) is 4.79 Å². The lowest BCUT2D eigenvalue weighted by molar-refractivity contribution is -0.133. The first kappa shape index (κ1) is 40.4. The van der Waals surface area contributed by atoms with E-state index >= 15 is 0 Å². The largest absolute Gasteiger partial charge is 0.492 e. The maximum atomic E-state index is 14.0. The molecule has 60 heavy (non-hydrogen) atoms. The number of aromatic nitrogens is 4. The maximum absolute atomic E-state index is 14.0. The number of ether oxygens (including phenoxy) is 1.